The molecular formula is C14H14N4S2. The van der Waals surface area contributed by atoms with Crippen molar-refractivity contribution in [3.8, 4) is 0 Å². The first-order valence-electron chi connectivity index (χ1n) is 6.71. The lowest BCUT2D eigenvalue weighted by molar-refractivity contribution is 0.917. The molecule has 20 heavy (non-hydrogen) atoms. The van der Waals surface area contributed by atoms with Gasteiger partial charge in [0.1, 0.15) is 17.0 Å². The molecule has 4 nitrogen and oxygen atoms in total. The Balaban J connectivity index is 1.71. The van der Waals surface area contributed by atoms with Crippen molar-refractivity contribution in [2.24, 2.45) is 0 Å². The summed E-state index contributed by atoms with van der Waals surface area (Å²) in [4.78, 5) is 17.1. The van der Waals surface area contributed by atoms with Gasteiger partial charge in [0.2, 0.25) is 0 Å². The lowest BCUT2D eigenvalue weighted by Crippen LogP contribution is -2.02. The van der Waals surface area contributed by atoms with Crippen molar-refractivity contribution in [1.29, 1.82) is 0 Å². The van der Waals surface area contributed by atoms with Gasteiger partial charge in [-0.1, -0.05) is 0 Å². The second-order valence-corrected chi connectivity index (χ2v) is 7.00. The van der Waals surface area contributed by atoms with E-state index in [0.717, 1.165) is 29.3 Å². The van der Waals surface area contributed by atoms with Crippen LogP contribution in [0.25, 0.3) is 10.2 Å². The minimum atomic E-state index is 0.785. The van der Waals surface area contributed by atoms with Crippen molar-refractivity contribution in [1.82, 2.24) is 15.0 Å². The van der Waals surface area contributed by atoms with Gasteiger partial charge in [-0.15, -0.1) is 22.7 Å². The Bertz CT molecular complexity index is 775. The molecule has 4 rings (SSSR count). The maximum absolute atomic E-state index is 4.45. The van der Waals surface area contributed by atoms with Crippen molar-refractivity contribution in [2.75, 3.05) is 5.32 Å². The van der Waals surface area contributed by atoms with Crippen LogP contribution in [0, 0.1) is 6.92 Å². The van der Waals surface area contributed by atoms with Crippen molar-refractivity contribution in [2.45, 2.75) is 32.7 Å². The van der Waals surface area contributed by atoms with Gasteiger partial charge in [0.05, 0.1) is 23.1 Å². The fraction of sp³-hybridized carbons (Fsp3) is 0.357. The Morgan fingerprint density at radius 2 is 2.20 bits per heavy atom. The number of aromatic nitrogens is 3. The number of hydrogen-bond acceptors (Lipinski definition) is 6. The summed E-state index contributed by atoms with van der Waals surface area (Å²) in [6.07, 6.45) is 5.29. The van der Waals surface area contributed by atoms with Crippen LogP contribution < -0.4 is 5.32 Å². The van der Waals surface area contributed by atoms with Crippen LogP contribution in [0.4, 0.5) is 5.82 Å². The van der Waals surface area contributed by atoms with Crippen LogP contribution in [0.5, 0.6) is 0 Å². The fourth-order valence-corrected chi connectivity index (χ4v) is 4.67. The highest BCUT2D eigenvalue weighted by atomic mass is 32.1. The molecule has 0 fully saturated rings. The molecule has 0 spiro atoms. The molecule has 3 heterocycles. The van der Waals surface area contributed by atoms with Gasteiger partial charge in [-0.3, -0.25) is 0 Å². The highest BCUT2D eigenvalue weighted by molar-refractivity contribution is 7.19. The number of nitrogens with one attached hydrogen (secondary N) is 1. The quantitative estimate of drug-likeness (QED) is 0.804. The largest absolute Gasteiger partial charge is 0.364 e. The zero-order valence-electron chi connectivity index (χ0n) is 11.1. The highest BCUT2D eigenvalue weighted by Crippen LogP contribution is 2.39. The van der Waals surface area contributed by atoms with Gasteiger partial charge in [-0.05, 0) is 31.7 Å². The van der Waals surface area contributed by atoms with Crippen LogP contribution in [-0.2, 0) is 19.4 Å². The average molecular weight is 302 g/mol. The van der Waals surface area contributed by atoms with E-state index >= 15 is 0 Å². The third-order valence-electron chi connectivity index (χ3n) is 3.76. The van der Waals surface area contributed by atoms with Gasteiger partial charge in [-0.2, -0.15) is 0 Å². The van der Waals surface area contributed by atoms with Crippen molar-refractivity contribution < 1.29 is 0 Å². The van der Waals surface area contributed by atoms with E-state index in [0.29, 0.717) is 0 Å². The molecule has 0 bridgehead atoms. The molecule has 0 aromatic carbocycles. The summed E-state index contributed by atoms with van der Waals surface area (Å²) in [7, 11) is 0. The number of thiophene rings is 1. The van der Waals surface area contributed by atoms with E-state index in [1.54, 1.807) is 17.7 Å². The minimum Gasteiger partial charge on any atom is -0.364 e. The minimum absolute atomic E-state index is 0.785. The second-order valence-electron chi connectivity index (χ2n) is 4.97. The number of anilines is 1. The van der Waals surface area contributed by atoms with E-state index in [4.69, 9.17) is 0 Å². The third-order valence-corrected chi connectivity index (χ3v) is 5.90. The first-order chi connectivity index (χ1) is 9.83. The molecule has 0 amide bonds. The Kier molecular flexibility index (Phi) is 2.93. The molecule has 1 aliphatic rings. The summed E-state index contributed by atoms with van der Waals surface area (Å²) in [5.41, 5.74) is 4.46. The Labute approximate surface area is 124 Å². The molecule has 0 aliphatic heterocycles. The number of rotatable bonds is 3. The molecule has 3 aromatic rings. The second kappa shape index (κ2) is 4.79. The molecule has 0 unspecified atom stereocenters. The number of nitrogens with zero attached hydrogens (tertiary/aromatic N) is 3. The predicted molar refractivity (Wildman–Crippen MR) is 83.6 cm³/mol. The molecule has 0 atom stereocenters. The van der Waals surface area contributed by atoms with Crippen LogP contribution in [0.2, 0.25) is 0 Å². The van der Waals surface area contributed by atoms with E-state index < -0.39 is 0 Å². The van der Waals surface area contributed by atoms with E-state index in [2.05, 4.69) is 20.3 Å². The molecule has 1 N–H and O–H groups in total. The zero-order chi connectivity index (χ0) is 13.5. The Morgan fingerprint density at radius 3 is 3.05 bits per heavy atom. The van der Waals surface area contributed by atoms with Crippen molar-refractivity contribution in [3.05, 3.63) is 32.8 Å². The van der Waals surface area contributed by atoms with Crippen LogP contribution in [-0.4, -0.2) is 15.0 Å². The van der Waals surface area contributed by atoms with Crippen LogP contribution in [0.3, 0.4) is 0 Å². The summed E-state index contributed by atoms with van der Waals surface area (Å²) in [6, 6.07) is 0. The molecular weight excluding hydrogens is 288 g/mol. The predicted octanol–water partition coefficient (Wildman–Crippen LogP) is 3.56. The van der Waals surface area contributed by atoms with Gasteiger partial charge in [-0.25, -0.2) is 15.0 Å². The number of thiazole rings is 1. The molecule has 3 aromatic heterocycles. The Hall–Kier alpha value is -1.53. The Morgan fingerprint density at radius 1 is 1.25 bits per heavy atom. The number of aryl methyl sites for hydroxylation is 3. The smallest absolute Gasteiger partial charge is 0.138 e. The monoisotopic (exact) mass is 302 g/mol. The van der Waals surface area contributed by atoms with E-state index in [-0.39, 0.29) is 0 Å². The SMILES string of the molecule is Cc1ncsc1CNc1ncnc2sc3c(c12)CCC3. The lowest BCUT2D eigenvalue weighted by Gasteiger charge is -2.06. The average Bonchev–Trinajstić information content (AvgIpc) is 3.11. The highest BCUT2D eigenvalue weighted by Gasteiger charge is 2.21. The summed E-state index contributed by atoms with van der Waals surface area (Å²) in [6.45, 7) is 2.83. The van der Waals surface area contributed by atoms with E-state index in [9.17, 15) is 0 Å². The van der Waals surface area contributed by atoms with Gasteiger partial charge in [0.15, 0.2) is 0 Å². The standard InChI is InChI=1S/C14H14N4S2/c1-8-11(19-7-18-8)5-15-13-12-9-3-2-4-10(9)20-14(12)17-6-16-13/h6-7H,2-5H2,1H3,(H,15,16,17). The van der Waals surface area contributed by atoms with Gasteiger partial charge >= 0.3 is 0 Å². The molecule has 102 valence electrons. The van der Waals surface area contributed by atoms with Crippen LogP contribution >= 0.6 is 22.7 Å². The normalized spacial score (nSPS) is 13.8. The van der Waals surface area contributed by atoms with Crippen molar-refractivity contribution >= 4 is 38.7 Å². The zero-order valence-corrected chi connectivity index (χ0v) is 12.8. The topological polar surface area (TPSA) is 50.7 Å². The maximum Gasteiger partial charge on any atom is 0.138 e. The van der Waals surface area contributed by atoms with E-state index in [1.807, 2.05) is 23.8 Å². The number of fused-ring (bicyclic) bond motifs is 3. The fourth-order valence-electron chi connectivity index (χ4n) is 2.72. The van der Waals surface area contributed by atoms with Gasteiger partial charge < -0.3 is 5.32 Å². The lowest BCUT2D eigenvalue weighted by atomic mass is 10.2. The van der Waals surface area contributed by atoms with Gasteiger partial charge in [0, 0.05) is 9.75 Å². The first-order valence-corrected chi connectivity index (χ1v) is 8.40. The van der Waals surface area contributed by atoms with Crippen LogP contribution in [0.1, 0.15) is 27.4 Å². The summed E-state index contributed by atoms with van der Waals surface area (Å²) in [5.74, 6) is 0.974. The third kappa shape index (κ3) is 1.91. The summed E-state index contributed by atoms with van der Waals surface area (Å²) >= 11 is 3.51. The number of hydrogen-bond donors (Lipinski definition) is 1. The molecule has 0 radical (unpaired) electrons. The van der Waals surface area contributed by atoms with E-state index in [1.165, 1.54) is 33.5 Å². The summed E-state index contributed by atoms with van der Waals surface area (Å²) < 4.78 is 0. The molecule has 6 heteroatoms. The van der Waals surface area contributed by atoms with Crippen molar-refractivity contribution in [3.63, 3.8) is 0 Å². The molecule has 0 saturated heterocycles. The van der Waals surface area contributed by atoms with Gasteiger partial charge in [0.25, 0.3) is 0 Å². The molecule has 1 aliphatic carbocycles. The molecule has 0 saturated carbocycles. The first kappa shape index (κ1) is 12.2. The van der Waals surface area contributed by atoms with Crippen LogP contribution in [0.15, 0.2) is 11.8 Å². The summed E-state index contributed by atoms with van der Waals surface area (Å²) in [5, 5.41) is 4.72. The maximum atomic E-state index is 4.45.